The molecule has 0 unspecified atom stereocenters. The zero-order valence-electron chi connectivity index (χ0n) is 26.6. The molecule has 1 aliphatic rings. The number of nitrogens with zero attached hydrogens (tertiary/aromatic N) is 2. The van der Waals surface area contributed by atoms with Crippen molar-refractivity contribution in [3.63, 3.8) is 0 Å². The van der Waals surface area contributed by atoms with Crippen LogP contribution in [0.1, 0.15) is 29.5 Å². The minimum absolute atomic E-state index is 0.0142. The fourth-order valence-electron chi connectivity index (χ4n) is 6.76. The highest BCUT2D eigenvalue weighted by atomic mass is 35.5. The van der Waals surface area contributed by atoms with Crippen molar-refractivity contribution in [2.75, 3.05) is 19.6 Å². The summed E-state index contributed by atoms with van der Waals surface area (Å²) >= 11 is 6.16. The molecule has 5 aromatic carbocycles. The van der Waals surface area contributed by atoms with Crippen molar-refractivity contribution >= 4 is 34.2 Å². The average molecular weight is 644 g/mol. The van der Waals surface area contributed by atoms with Gasteiger partial charge in [0.15, 0.2) is 5.96 Å². The third-order valence-corrected chi connectivity index (χ3v) is 9.39. The molecule has 1 heterocycles. The molecule has 7 heteroatoms. The van der Waals surface area contributed by atoms with Crippen molar-refractivity contribution in [3.8, 4) is 11.1 Å². The summed E-state index contributed by atoms with van der Waals surface area (Å²) in [6.07, 6.45) is 2.90. The number of nitrogens with one attached hydrogen (secondary N) is 2. The van der Waals surface area contributed by atoms with Crippen LogP contribution >= 0.6 is 11.6 Å². The first-order valence-electron chi connectivity index (χ1n) is 16.4. The van der Waals surface area contributed by atoms with Crippen LogP contribution in [0.2, 0.25) is 5.02 Å². The van der Waals surface area contributed by atoms with Gasteiger partial charge in [-0.25, -0.2) is 0 Å². The monoisotopic (exact) mass is 643 g/mol. The van der Waals surface area contributed by atoms with E-state index in [0.717, 1.165) is 59.5 Å². The fraction of sp³-hybridized carbons (Fsp3) is 0.250. The van der Waals surface area contributed by atoms with Crippen LogP contribution in [0, 0.1) is 5.41 Å². The number of fused-ring (bicyclic) bond motifs is 1. The van der Waals surface area contributed by atoms with E-state index >= 15 is 0 Å². The summed E-state index contributed by atoms with van der Waals surface area (Å²) < 4.78 is 0. The molecule has 0 bridgehead atoms. The van der Waals surface area contributed by atoms with Gasteiger partial charge in [0.2, 0.25) is 5.91 Å². The second-order valence-corrected chi connectivity index (χ2v) is 13.0. The Kier molecular flexibility index (Phi) is 10.5. The second-order valence-electron chi connectivity index (χ2n) is 12.5. The lowest BCUT2D eigenvalue weighted by molar-refractivity contribution is -0.137. The molecule has 1 aliphatic heterocycles. The third-order valence-electron chi connectivity index (χ3n) is 9.13. The lowest BCUT2D eigenvalue weighted by Crippen LogP contribution is -2.60. The molecular weight excluding hydrogens is 602 g/mol. The van der Waals surface area contributed by atoms with E-state index in [2.05, 4.69) is 106 Å². The van der Waals surface area contributed by atoms with Crippen molar-refractivity contribution in [2.24, 2.45) is 5.73 Å². The highest BCUT2D eigenvalue weighted by molar-refractivity contribution is 6.30. The molecule has 4 N–H and O–H groups in total. The van der Waals surface area contributed by atoms with Crippen LogP contribution in [0.5, 0.6) is 0 Å². The Morgan fingerprint density at radius 1 is 0.766 bits per heavy atom. The predicted molar refractivity (Wildman–Crippen MR) is 194 cm³/mol. The summed E-state index contributed by atoms with van der Waals surface area (Å²) in [6.45, 7) is 2.84. The van der Waals surface area contributed by atoms with Crippen molar-refractivity contribution in [1.29, 1.82) is 5.41 Å². The first-order valence-corrected chi connectivity index (χ1v) is 16.8. The molecular formula is C40H42ClN5O. The molecule has 240 valence electrons. The van der Waals surface area contributed by atoms with Crippen LogP contribution in [-0.4, -0.2) is 53.4 Å². The van der Waals surface area contributed by atoms with Gasteiger partial charge in [0.1, 0.15) is 0 Å². The smallest absolute Gasteiger partial charge is 0.227 e. The van der Waals surface area contributed by atoms with Gasteiger partial charge in [0.25, 0.3) is 0 Å². The Balaban J connectivity index is 1.26. The molecule has 0 aromatic heterocycles. The zero-order chi connectivity index (χ0) is 32.6. The number of hydrogen-bond acceptors (Lipinski definition) is 3. The van der Waals surface area contributed by atoms with Gasteiger partial charge in [-0.1, -0.05) is 115 Å². The number of amides is 1. The Labute approximate surface area is 282 Å². The second kappa shape index (κ2) is 15.3. The largest absolute Gasteiger partial charge is 0.370 e. The van der Waals surface area contributed by atoms with E-state index in [1.165, 1.54) is 16.5 Å². The topological polar surface area (TPSA) is 85.5 Å². The first-order chi connectivity index (χ1) is 22.9. The lowest BCUT2D eigenvalue weighted by Gasteiger charge is -2.47. The molecule has 0 spiro atoms. The number of carbonyl (C=O) groups excluding carboxylic acids is 1. The normalized spacial score (nSPS) is 16.7. The quantitative estimate of drug-likeness (QED) is 0.0802. The number of guanidine groups is 1. The SMILES string of the molecule is N=C(N)NCCC[C@H]1CN(C(=O)Cc2ccc3ccccc3c2)[C@H](Cc2ccccc2)CN1Cc1cccc(-c2ccc(Cl)cc2)c1. The van der Waals surface area contributed by atoms with Crippen molar-refractivity contribution < 1.29 is 4.79 Å². The van der Waals surface area contributed by atoms with E-state index in [0.29, 0.717) is 19.5 Å². The maximum Gasteiger partial charge on any atom is 0.227 e. The highest BCUT2D eigenvalue weighted by Gasteiger charge is 2.36. The molecule has 6 nitrogen and oxygen atoms in total. The highest BCUT2D eigenvalue weighted by Crippen LogP contribution is 2.28. The van der Waals surface area contributed by atoms with Gasteiger partial charge in [-0.3, -0.25) is 15.1 Å². The van der Waals surface area contributed by atoms with Crippen molar-refractivity contribution in [1.82, 2.24) is 15.1 Å². The van der Waals surface area contributed by atoms with E-state index in [4.69, 9.17) is 22.7 Å². The Hall–Kier alpha value is -4.65. The van der Waals surface area contributed by atoms with E-state index in [9.17, 15) is 4.79 Å². The van der Waals surface area contributed by atoms with Gasteiger partial charge < -0.3 is 16.0 Å². The van der Waals surface area contributed by atoms with Gasteiger partial charge in [-0.05, 0) is 76.1 Å². The molecule has 1 fully saturated rings. The van der Waals surface area contributed by atoms with Gasteiger partial charge in [-0.15, -0.1) is 0 Å². The summed E-state index contributed by atoms with van der Waals surface area (Å²) in [4.78, 5) is 18.9. The maximum atomic E-state index is 14.2. The van der Waals surface area contributed by atoms with E-state index in [1.807, 2.05) is 30.3 Å². The van der Waals surface area contributed by atoms with Crippen LogP contribution in [0.4, 0.5) is 0 Å². The number of piperazine rings is 1. The molecule has 2 atom stereocenters. The maximum absolute atomic E-state index is 14.2. The predicted octanol–water partition coefficient (Wildman–Crippen LogP) is 7.29. The number of halogens is 1. The van der Waals surface area contributed by atoms with E-state index < -0.39 is 0 Å². The molecule has 1 saturated heterocycles. The molecule has 6 rings (SSSR count). The fourth-order valence-corrected chi connectivity index (χ4v) is 6.88. The summed E-state index contributed by atoms with van der Waals surface area (Å²) in [5.74, 6) is 0.150. The van der Waals surface area contributed by atoms with Crippen LogP contribution in [0.15, 0.2) is 121 Å². The number of rotatable bonds is 11. The van der Waals surface area contributed by atoms with Crippen LogP contribution in [0.25, 0.3) is 21.9 Å². The molecule has 47 heavy (non-hydrogen) atoms. The first kappa shape index (κ1) is 32.3. The molecule has 0 aliphatic carbocycles. The average Bonchev–Trinajstić information content (AvgIpc) is 3.08. The summed E-state index contributed by atoms with van der Waals surface area (Å²) in [5, 5.41) is 13.6. The van der Waals surface area contributed by atoms with Gasteiger partial charge in [0, 0.05) is 43.3 Å². The van der Waals surface area contributed by atoms with Gasteiger partial charge in [-0.2, -0.15) is 0 Å². The molecule has 0 saturated carbocycles. The zero-order valence-corrected chi connectivity index (χ0v) is 27.4. The third kappa shape index (κ3) is 8.59. The Morgan fingerprint density at radius 2 is 1.51 bits per heavy atom. The van der Waals surface area contributed by atoms with Crippen molar-refractivity contribution in [2.45, 2.75) is 44.3 Å². The van der Waals surface area contributed by atoms with Gasteiger partial charge in [0.05, 0.1) is 6.42 Å². The van der Waals surface area contributed by atoms with Gasteiger partial charge >= 0.3 is 0 Å². The molecule has 0 radical (unpaired) electrons. The Morgan fingerprint density at radius 3 is 2.30 bits per heavy atom. The lowest BCUT2D eigenvalue weighted by atomic mass is 9.95. The van der Waals surface area contributed by atoms with Crippen molar-refractivity contribution in [3.05, 3.63) is 143 Å². The summed E-state index contributed by atoms with van der Waals surface area (Å²) in [5.41, 5.74) is 11.4. The number of benzene rings is 5. The summed E-state index contributed by atoms with van der Waals surface area (Å²) in [6, 6.07) is 42.0. The minimum Gasteiger partial charge on any atom is -0.370 e. The van der Waals surface area contributed by atoms with Crippen LogP contribution in [0.3, 0.4) is 0 Å². The van der Waals surface area contributed by atoms with E-state index in [1.54, 1.807) is 0 Å². The standard InChI is InChI=1S/C40H42ClN5O/c41-36-19-17-33(18-20-36)35-13-6-10-31(23-35)26-45-27-38(24-29-8-2-1-3-9-29)46(28-37(45)14-7-21-44-40(42)43)39(47)25-30-15-16-32-11-4-5-12-34(32)22-30/h1-6,8-13,15-20,22-23,37-38H,7,14,21,24-28H2,(H4,42,43,44)/t37-,38+/m0/s1. The van der Waals surface area contributed by atoms with Crippen LogP contribution < -0.4 is 11.1 Å². The minimum atomic E-state index is -0.0142. The van der Waals surface area contributed by atoms with Crippen LogP contribution in [-0.2, 0) is 24.2 Å². The number of hydrogen-bond donors (Lipinski definition) is 3. The summed E-state index contributed by atoms with van der Waals surface area (Å²) in [7, 11) is 0. The van der Waals surface area contributed by atoms with E-state index in [-0.39, 0.29) is 24.0 Å². The molecule has 1 amide bonds. The number of carbonyl (C=O) groups is 1. The Bertz CT molecular complexity index is 1810. The molecule has 5 aromatic rings. The number of nitrogens with two attached hydrogens (primary N) is 1.